The Morgan fingerprint density at radius 3 is 2.39 bits per heavy atom. The number of carboxylic acid groups (broad SMARTS) is 1. The number of amides is 2. The lowest BCUT2D eigenvalue weighted by molar-refractivity contribution is -0.148. The second kappa shape index (κ2) is 10.5. The molecule has 1 aromatic heterocycles. The number of thiophene rings is 1. The maximum Gasteiger partial charge on any atom is 0.307 e. The van der Waals surface area contributed by atoms with E-state index in [2.05, 4.69) is 31.4 Å². The number of anilines is 1. The molecule has 7 heteroatoms. The van der Waals surface area contributed by atoms with Crippen LogP contribution >= 0.6 is 11.3 Å². The van der Waals surface area contributed by atoms with Gasteiger partial charge in [0, 0.05) is 11.4 Å². The average Bonchev–Trinajstić information content (AvgIpc) is 3.60. The van der Waals surface area contributed by atoms with Crippen LogP contribution in [0.1, 0.15) is 84.8 Å². The maximum atomic E-state index is 13.6. The van der Waals surface area contributed by atoms with Gasteiger partial charge in [-0.2, -0.15) is 0 Å². The van der Waals surface area contributed by atoms with Crippen molar-refractivity contribution >= 4 is 34.1 Å². The van der Waals surface area contributed by atoms with Crippen LogP contribution in [0.5, 0.6) is 0 Å². The molecule has 38 heavy (non-hydrogen) atoms. The Kier molecular flexibility index (Phi) is 7.42. The van der Waals surface area contributed by atoms with E-state index in [0.29, 0.717) is 23.0 Å². The summed E-state index contributed by atoms with van der Waals surface area (Å²) in [7, 11) is 0. The molecule has 3 aliphatic carbocycles. The number of hydrogen-bond donors (Lipinski definition) is 3. The van der Waals surface area contributed by atoms with E-state index in [9.17, 15) is 19.5 Å². The minimum Gasteiger partial charge on any atom is -0.481 e. The predicted octanol–water partition coefficient (Wildman–Crippen LogP) is 6.21. The van der Waals surface area contributed by atoms with Crippen LogP contribution in [-0.4, -0.2) is 22.9 Å². The van der Waals surface area contributed by atoms with Crippen molar-refractivity contribution in [2.24, 2.45) is 35.0 Å². The number of fused-ring (bicyclic) bond motifs is 3. The Bertz CT molecular complexity index is 1230. The first-order valence-electron chi connectivity index (χ1n) is 14.1. The molecule has 2 bridgehead atoms. The van der Waals surface area contributed by atoms with E-state index in [1.54, 1.807) is 0 Å². The molecule has 2 aromatic rings. The van der Waals surface area contributed by atoms with Crippen molar-refractivity contribution in [3.63, 3.8) is 0 Å². The molecule has 0 radical (unpaired) electrons. The molecule has 2 fully saturated rings. The zero-order chi connectivity index (χ0) is 27.2. The number of benzene rings is 1. The molecule has 6 nitrogen and oxygen atoms in total. The third-order valence-corrected chi connectivity index (χ3v) is 11.0. The number of nitrogens with one attached hydrogen (secondary N) is 2. The van der Waals surface area contributed by atoms with Crippen LogP contribution in [0.2, 0.25) is 0 Å². The lowest BCUT2D eigenvalue weighted by atomic mass is 9.69. The molecule has 2 amide bonds. The van der Waals surface area contributed by atoms with Crippen LogP contribution < -0.4 is 10.6 Å². The average molecular weight is 537 g/mol. The van der Waals surface area contributed by atoms with Gasteiger partial charge < -0.3 is 15.7 Å². The molecule has 204 valence electrons. The number of carbonyl (C=O) groups excluding carboxylic acids is 2. The largest absolute Gasteiger partial charge is 0.481 e. The minimum absolute atomic E-state index is 0.0825. The zero-order valence-electron chi connectivity index (χ0n) is 22.9. The third-order valence-electron chi connectivity index (χ3n) is 9.82. The zero-order valence-corrected chi connectivity index (χ0v) is 23.7. The molecule has 0 unspecified atom stereocenters. The number of aliphatic carboxylic acids is 1. The number of carboxylic acids is 1. The Balaban J connectivity index is 1.42. The molecule has 1 aromatic carbocycles. The molecular formula is C31H40N2O4S. The summed E-state index contributed by atoms with van der Waals surface area (Å²) in [6.07, 6.45) is 6.44. The predicted molar refractivity (Wildman–Crippen MR) is 150 cm³/mol. The van der Waals surface area contributed by atoms with Gasteiger partial charge >= 0.3 is 5.97 Å². The van der Waals surface area contributed by atoms with Gasteiger partial charge in [0.25, 0.3) is 5.91 Å². The first kappa shape index (κ1) is 26.9. The fraction of sp³-hybridized carbons (Fsp3) is 0.581. The molecule has 3 N–H and O–H groups in total. The van der Waals surface area contributed by atoms with Crippen LogP contribution in [0.25, 0.3) is 0 Å². The summed E-state index contributed by atoms with van der Waals surface area (Å²) in [6.45, 7) is 9.31. The molecule has 2 saturated carbocycles. The van der Waals surface area contributed by atoms with Crippen molar-refractivity contribution in [2.75, 3.05) is 5.32 Å². The van der Waals surface area contributed by atoms with Crippen molar-refractivity contribution in [1.29, 1.82) is 0 Å². The topological polar surface area (TPSA) is 95.5 Å². The van der Waals surface area contributed by atoms with Gasteiger partial charge in [-0.1, -0.05) is 57.0 Å². The van der Waals surface area contributed by atoms with E-state index >= 15 is 0 Å². The quantitative estimate of drug-likeness (QED) is 0.374. The van der Waals surface area contributed by atoms with Crippen LogP contribution in [0.15, 0.2) is 24.3 Å². The van der Waals surface area contributed by atoms with E-state index < -0.39 is 17.8 Å². The van der Waals surface area contributed by atoms with Crippen LogP contribution in [0.4, 0.5) is 5.00 Å². The van der Waals surface area contributed by atoms with E-state index in [4.69, 9.17) is 0 Å². The molecule has 0 saturated heterocycles. The van der Waals surface area contributed by atoms with Crippen molar-refractivity contribution in [3.05, 3.63) is 51.4 Å². The summed E-state index contributed by atoms with van der Waals surface area (Å²) >= 11 is 1.52. The van der Waals surface area contributed by atoms with Crippen LogP contribution in [0, 0.1) is 41.9 Å². The normalized spacial score (nSPS) is 26.2. The maximum absolute atomic E-state index is 13.6. The standard InChI is InChI=1S/C31H40N2O4S/c1-5-31(3,4)21-12-13-22-23(15-21)38-29(26(22)27(34)32-16-18-8-6-17(2)7-9-18)33-28(35)24-19-10-11-20(14-19)25(24)30(36)37/h6-9,19-21,24-25H,5,10-16H2,1-4H3,(H,32,34)(H,33,35)(H,36,37)/t19-,20-,21+,24-,25-/m0/s1. The lowest BCUT2D eigenvalue weighted by Crippen LogP contribution is -2.38. The second-order valence-corrected chi connectivity index (χ2v) is 13.5. The van der Waals surface area contributed by atoms with Crippen molar-refractivity contribution < 1.29 is 19.5 Å². The highest BCUT2D eigenvalue weighted by Crippen LogP contribution is 2.53. The molecule has 1 heterocycles. The number of rotatable bonds is 8. The summed E-state index contributed by atoms with van der Waals surface area (Å²) in [5, 5.41) is 16.6. The van der Waals surface area contributed by atoms with Gasteiger partial charge in [-0.15, -0.1) is 11.3 Å². The Hall–Kier alpha value is -2.67. The summed E-state index contributed by atoms with van der Waals surface area (Å²) < 4.78 is 0. The molecule has 0 aliphatic heterocycles. The van der Waals surface area contributed by atoms with Crippen LogP contribution in [0.3, 0.4) is 0 Å². The van der Waals surface area contributed by atoms with Gasteiger partial charge in [0.2, 0.25) is 5.91 Å². The highest BCUT2D eigenvalue weighted by Gasteiger charge is 2.54. The summed E-state index contributed by atoms with van der Waals surface area (Å²) in [5.41, 5.74) is 4.03. The fourth-order valence-electron chi connectivity index (χ4n) is 7.07. The summed E-state index contributed by atoms with van der Waals surface area (Å²) in [6, 6.07) is 8.09. The monoisotopic (exact) mass is 536 g/mol. The van der Waals surface area contributed by atoms with E-state index in [0.717, 1.165) is 56.1 Å². The van der Waals surface area contributed by atoms with Crippen molar-refractivity contribution in [2.45, 2.75) is 79.2 Å². The van der Waals surface area contributed by atoms with Gasteiger partial charge in [0.15, 0.2) is 0 Å². The Morgan fingerprint density at radius 2 is 1.74 bits per heavy atom. The van der Waals surface area contributed by atoms with Gasteiger partial charge in [-0.25, -0.2) is 0 Å². The van der Waals surface area contributed by atoms with Gasteiger partial charge in [-0.05, 0) is 79.7 Å². The van der Waals surface area contributed by atoms with Crippen molar-refractivity contribution in [1.82, 2.24) is 5.32 Å². The molecule has 3 aliphatic rings. The van der Waals surface area contributed by atoms with Crippen LogP contribution in [-0.2, 0) is 29.0 Å². The Labute approximate surface area is 229 Å². The lowest BCUT2D eigenvalue weighted by Gasteiger charge is -2.36. The molecule has 5 rings (SSSR count). The Morgan fingerprint density at radius 1 is 1.05 bits per heavy atom. The molecule has 0 spiro atoms. The number of carbonyl (C=O) groups is 3. The highest BCUT2D eigenvalue weighted by molar-refractivity contribution is 7.17. The van der Waals surface area contributed by atoms with Gasteiger partial charge in [-0.3, -0.25) is 14.4 Å². The first-order valence-corrected chi connectivity index (χ1v) is 14.9. The SMILES string of the molecule is CCC(C)(C)[C@@H]1CCc2c(sc(NC(=O)[C@H]3[C@H]4CC[C@@H](C4)[C@@H]3C(=O)O)c2C(=O)NCc2ccc(C)cc2)C1. The highest BCUT2D eigenvalue weighted by atomic mass is 32.1. The number of aryl methyl sites for hydroxylation is 1. The number of hydrogen-bond acceptors (Lipinski definition) is 4. The smallest absolute Gasteiger partial charge is 0.307 e. The van der Waals surface area contributed by atoms with Gasteiger partial charge in [0.1, 0.15) is 5.00 Å². The summed E-state index contributed by atoms with van der Waals surface area (Å²) in [5.74, 6) is -1.72. The van der Waals surface area contributed by atoms with E-state index in [-0.39, 0.29) is 29.1 Å². The second-order valence-electron chi connectivity index (χ2n) is 12.4. The van der Waals surface area contributed by atoms with E-state index in [1.807, 2.05) is 31.2 Å². The minimum atomic E-state index is -0.872. The molecular weight excluding hydrogens is 496 g/mol. The fourth-order valence-corrected chi connectivity index (χ4v) is 8.39. The van der Waals surface area contributed by atoms with Crippen molar-refractivity contribution in [3.8, 4) is 0 Å². The van der Waals surface area contributed by atoms with Gasteiger partial charge in [0.05, 0.1) is 17.4 Å². The third kappa shape index (κ3) is 5.02. The van der Waals surface area contributed by atoms with E-state index in [1.165, 1.54) is 21.8 Å². The summed E-state index contributed by atoms with van der Waals surface area (Å²) in [4.78, 5) is 40.4. The molecule has 5 atom stereocenters. The first-order chi connectivity index (χ1) is 18.1.